The fourth-order valence-electron chi connectivity index (χ4n) is 4.15. The van der Waals surface area contributed by atoms with Crippen LogP contribution in [0.2, 0.25) is 0 Å². The number of benzene rings is 1. The fraction of sp³-hybridized carbons (Fsp3) is 0.423. The number of hydrogen-bond acceptors (Lipinski definition) is 8. The smallest absolute Gasteiger partial charge is 0.344 e. The molecule has 2 aromatic rings. The second-order valence-corrected chi connectivity index (χ2v) is 10.9. The van der Waals surface area contributed by atoms with Crippen LogP contribution in [0.15, 0.2) is 36.4 Å². The summed E-state index contributed by atoms with van der Waals surface area (Å²) in [5.74, 6) is -3.03. The van der Waals surface area contributed by atoms with Crippen molar-refractivity contribution < 1.29 is 43.8 Å². The molecule has 2 atom stereocenters. The highest BCUT2D eigenvalue weighted by molar-refractivity contribution is 7.51. The summed E-state index contributed by atoms with van der Waals surface area (Å²) in [6.07, 6.45) is 2.75. The van der Waals surface area contributed by atoms with Gasteiger partial charge < -0.3 is 30.8 Å². The summed E-state index contributed by atoms with van der Waals surface area (Å²) in [7, 11) is -4.47. The first-order chi connectivity index (χ1) is 19.4. The van der Waals surface area contributed by atoms with Gasteiger partial charge in [0, 0.05) is 5.56 Å². The zero-order chi connectivity index (χ0) is 30.6. The summed E-state index contributed by atoms with van der Waals surface area (Å²) in [5, 5.41) is 27.9. The molecule has 0 fully saturated rings. The molecular weight excluding hydrogens is 557 g/mol. The van der Waals surface area contributed by atoms with Crippen LogP contribution in [0.1, 0.15) is 66.8 Å². The van der Waals surface area contributed by atoms with E-state index < -0.39 is 49.3 Å². The number of unbranched alkanes of at least 4 members (excludes halogenated alkanes) is 2. The summed E-state index contributed by atoms with van der Waals surface area (Å²) in [6.45, 7) is 3.55. The summed E-state index contributed by atoms with van der Waals surface area (Å²) in [5.41, 5.74) is 0.454. The Hall–Kier alpha value is -3.84. The Kier molecular flexibility index (Phi) is 12.9. The molecule has 15 heteroatoms. The normalized spacial score (nSPS) is 12.6. The van der Waals surface area contributed by atoms with Gasteiger partial charge in [-0.2, -0.15) is 0 Å². The van der Waals surface area contributed by atoms with E-state index in [1.165, 1.54) is 24.3 Å². The van der Waals surface area contributed by atoms with E-state index in [2.05, 4.69) is 15.6 Å². The first-order valence-electron chi connectivity index (χ1n) is 13.0. The van der Waals surface area contributed by atoms with Gasteiger partial charge in [0.05, 0.1) is 29.9 Å². The Morgan fingerprint density at radius 1 is 1.05 bits per heavy atom. The zero-order valence-corrected chi connectivity index (χ0v) is 23.7. The van der Waals surface area contributed by atoms with Crippen molar-refractivity contribution in [3.05, 3.63) is 47.7 Å². The molecule has 1 heterocycles. The number of nitrogens with zero attached hydrogens (tertiary/aromatic N) is 2. The van der Waals surface area contributed by atoms with Crippen molar-refractivity contribution in [2.75, 3.05) is 13.0 Å². The van der Waals surface area contributed by atoms with Crippen LogP contribution in [0.5, 0.6) is 5.75 Å². The number of pyridine rings is 1. The molecule has 2 unspecified atom stereocenters. The summed E-state index contributed by atoms with van der Waals surface area (Å²) in [4.78, 5) is 70.9. The molecule has 0 spiro atoms. The number of hydroxylamine groups is 2. The van der Waals surface area contributed by atoms with Gasteiger partial charge >= 0.3 is 7.60 Å². The van der Waals surface area contributed by atoms with Crippen molar-refractivity contribution in [2.45, 2.75) is 52.0 Å². The van der Waals surface area contributed by atoms with Crippen molar-refractivity contribution in [1.29, 1.82) is 0 Å². The van der Waals surface area contributed by atoms with Crippen molar-refractivity contribution in [2.24, 2.45) is 5.92 Å². The minimum atomic E-state index is -4.47. The predicted octanol–water partition coefficient (Wildman–Crippen LogP) is 1.95. The zero-order valence-electron chi connectivity index (χ0n) is 22.8. The molecule has 0 saturated carbocycles. The number of rotatable bonds is 16. The summed E-state index contributed by atoms with van der Waals surface area (Å²) in [6, 6.07) is 7.78. The highest BCUT2D eigenvalue weighted by atomic mass is 31.2. The third kappa shape index (κ3) is 10.3. The van der Waals surface area contributed by atoms with Crippen molar-refractivity contribution in [1.82, 2.24) is 26.0 Å². The second-order valence-electron chi connectivity index (χ2n) is 9.26. The van der Waals surface area contributed by atoms with Crippen molar-refractivity contribution in [3.8, 4) is 17.0 Å². The molecule has 1 aromatic heterocycles. The summed E-state index contributed by atoms with van der Waals surface area (Å²) >= 11 is 0. The van der Waals surface area contributed by atoms with E-state index in [9.17, 15) is 34.1 Å². The Bertz CT molecular complexity index is 1270. The lowest BCUT2D eigenvalue weighted by Gasteiger charge is -2.29. The standard InChI is InChI=1S/C26H36N5O9P/c1-3-5-6-8-18(22(4-2)31(37)16-32)24(34)27-14-28-26(36)21-10-7-9-20(30-21)17-11-12-19(23(33)13-17)25(35)29-15-41(38,39)40/h7,9-13,16,18,22,33,37H,3-6,8,14-15H2,1-2H3,(H,27,34)(H,28,36)(H,29,35)(H2,38,39,40). The minimum Gasteiger partial charge on any atom is -0.507 e. The quantitative estimate of drug-likeness (QED) is 0.0374. The largest absolute Gasteiger partial charge is 0.507 e. The number of nitrogens with one attached hydrogen (secondary N) is 3. The Morgan fingerprint density at radius 2 is 1.78 bits per heavy atom. The molecule has 41 heavy (non-hydrogen) atoms. The van der Waals surface area contributed by atoms with Crippen LogP contribution in [0.25, 0.3) is 11.3 Å². The molecule has 0 saturated heterocycles. The number of carbonyl (C=O) groups is 4. The molecule has 4 amide bonds. The fourth-order valence-corrected chi connectivity index (χ4v) is 4.50. The van der Waals surface area contributed by atoms with Crippen LogP contribution in [0, 0.1) is 5.92 Å². The Balaban J connectivity index is 2.06. The van der Waals surface area contributed by atoms with E-state index in [0.717, 1.165) is 19.3 Å². The number of aromatic nitrogens is 1. The van der Waals surface area contributed by atoms with Crippen molar-refractivity contribution in [3.63, 3.8) is 0 Å². The second kappa shape index (κ2) is 15.8. The van der Waals surface area contributed by atoms with E-state index in [-0.39, 0.29) is 30.0 Å². The molecule has 2 rings (SSSR count). The van der Waals surface area contributed by atoms with Crippen LogP contribution >= 0.6 is 7.60 Å². The Labute approximate surface area is 237 Å². The molecule has 0 aliphatic carbocycles. The maximum atomic E-state index is 12.9. The average Bonchev–Trinajstić information content (AvgIpc) is 2.94. The third-order valence-corrected chi connectivity index (χ3v) is 6.83. The van der Waals surface area contributed by atoms with Crippen LogP contribution in [0.4, 0.5) is 0 Å². The van der Waals surface area contributed by atoms with Crippen LogP contribution in [-0.4, -0.2) is 73.3 Å². The van der Waals surface area contributed by atoms with Gasteiger partial charge in [-0.05, 0) is 37.1 Å². The SMILES string of the molecule is CCCCCC(C(=O)NCNC(=O)c1cccc(-c2ccc(C(=O)NCP(=O)(O)O)c(O)c2)n1)C(CC)N(O)C=O. The predicted molar refractivity (Wildman–Crippen MR) is 148 cm³/mol. The van der Waals surface area contributed by atoms with Crippen molar-refractivity contribution >= 4 is 31.7 Å². The van der Waals surface area contributed by atoms with E-state index in [1.54, 1.807) is 19.1 Å². The molecule has 7 N–H and O–H groups in total. The lowest BCUT2D eigenvalue weighted by atomic mass is 9.90. The monoisotopic (exact) mass is 593 g/mol. The lowest BCUT2D eigenvalue weighted by molar-refractivity contribution is -0.168. The lowest BCUT2D eigenvalue weighted by Crippen LogP contribution is -2.47. The maximum Gasteiger partial charge on any atom is 0.344 e. The number of carbonyl (C=O) groups excluding carboxylic acids is 4. The van der Waals surface area contributed by atoms with Gasteiger partial charge in [0.25, 0.3) is 11.8 Å². The van der Waals surface area contributed by atoms with Crippen LogP contribution in [-0.2, 0) is 14.2 Å². The summed E-state index contributed by atoms with van der Waals surface area (Å²) < 4.78 is 11.0. The average molecular weight is 594 g/mol. The van der Waals surface area contributed by atoms with E-state index >= 15 is 0 Å². The molecular formula is C26H36N5O9P. The molecule has 1 aromatic carbocycles. The van der Waals surface area contributed by atoms with Gasteiger partial charge in [-0.15, -0.1) is 0 Å². The third-order valence-electron chi connectivity index (χ3n) is 6.26. The number of phenolic OH excluding ortho intramolecular Hbond substituents is 1. The van der Waals surface area contributed by atoms with Crippen LogP contribution < -0.4 is 16.0 Å². The maximum absolute atomic E-state index is 12.9. The molecule has 0 radical (unpaired) electrons. The first-order valence-corrected chi connectivity index (χ1v) is 14.8. The van der Waals surface area contributed by atoms with Gasteiger partial charge in [0.15, 0.2) is 0 Å². The van der Waals surface area contributed by atoms with Gasteiger partial charge in [-0.25, -0.2) is 10.0 Å². The van der Waals surface area contributed by atoms with Gasteiger partial charge in [0.1, 0.15) is 17.7 Å². The molecule has 224 valence electrons. The highest BCUT2D eigenvalue weighted by Gasteiger charge is 2.30. The van der Waals surface area contributed by atoms with E-state index in [0.29, 0.717) is 23.5 Å². The first kappa shape index (κ1) is 33.4. The van der Waals surface area contributed by atoms with Gasteiger partial charge in [-0.3, -0.25) is 29.0 Å². The number of amides is 4. The molecule has 0 aliphatic heterocycles. The highest BCUT2D eigenvalue weighted by Crippen LogP contribution is 2.32. The van der Waals surface area contributed by atoms with E-state index in [1.807, 2.05) is 12.2 Å². The number of hydrogen-bond donors (Lipinski definition) is 7. The van der Waals surface area contributed by atoms with Gasteiger partial charge in [-0.1, -0.05) is 45.2 Å². The number of aromatic hydroxyl groups is 1. The van der Waals surface area contributed by atoms with Gasteiger partial charge in [0.2, 0.25) is 12.3 Å². The molecule has 0 bridgehead atoms. The minimum absolute atomic E-state index is 0.00752. The Morgan fingerprint density at radius 3 is 2.39 bits per heavy atom. The molecule has 0 aliphatic rings. The van der Waals surface area contributed by atoms with Crippen LogP contribution in [0.3, 0.4) is 0 Å². The van der Waals surface area contributed by atoms with E-state index in [4.69, 9.17) is 9.79 Å². The number of phenols is 1. The molecule has 14 nitrogen and oxygen atoms in total. The topological polar surface area (TPSA) is 218 Å².